The Morgan fingerprint density at radius 2 is 2.14 bits per heavy atom. The number of carbonyl (C=O) groups is 1. The number of amides is 1. The Labute approximate surface area is 125 Å². The lowest BCUT2D eigenvalue weighted by Crippen LogP contribution is -2.20. The van der Waals surface area contributed by atoms with Crippen molar-refractivity contribution in [3.63, 3.8) is 0 Å². The molecule has 112 valence electrons. The summed E-state index contributed by atoms with van der Waals surface area (Å²) in [7, 11) is 0. The van der Waals surface area contributed by atoms with Crippen LogP contribution in [0.15, 0.2) is 36.9 Å². The number of nitrogens with zero attached hydrogens (tertiary/aromatic N) is 2. The van der Waals surface area contributed by atoms with E-state index in [-0.39, 0.29) is 5.91 Å². The summed E-state index contributed by atoms with van der Waals surface area (Å²) in [5.74, 6) is 1.17. The monoisotopic (exact) mass is 285 g/mol. The smallest absolute Gasteiger partial charge is 0.216 e. The van der Waals surface area contributed by atoms with Crippen LogP contribution in [0.5, 0.6) is 0 Å². The van der Waals surface area contributed by atoms with Crippen LogP contribution in [0, 0.1) is 0 Å². The molecule has 0 saturated heterocycles. The van der Waals surface area contributed by atoms with Crippen molar-refractivity contribution in [2.45, 2.75) is 39.2 Å². The highest BCUT2D eigenvalue weighted by Crippen LogP contribution is 2.17. The molecule has 4 nitrogen and oxygen atoms in total. The average Bonchev–Trinajstić information content (AvgIpc) is 2.81. The number of unbranched alkanes of at least 4 members (excludes halogenated alkanes) is 2. The fourth-order valence-electron chi connectivity index (χ4n) is 2.50. The minimum absolute atomic E-state index is 0.0442. The second-order valence-corrected chi connectivity index (χ2v) is 5.21. The van der Waals surface area contributed by atoms with E-state index in [9.17, 15) is 4.79 Å². The molecule has 0 aliphatic carbocycles. The van der Waals surface area contributed by atoms with Crippen LogP contribution in [0.1, 0.15) is 32.0 Å². The van der Waals surface area contributed by atoms with Gasteiger partial charge in [-0.3, -0.25) is 4.79 Å². The standard InChI is InChI=1S/C17H23N3O/c1-3-13-20-16-10-7-6-9-15(16)19-17(20)11-5-4-8-12-18-14(2)21/h3,6-7,9-10H,1,4-5,8,11-13H2,2H3,(H,18,21). The fraction of sp³-hybridized carbons (Fsp3) is 0.412. The zero-order valence-electron chi connectivity index (χ0n) is 12.6. The highest BCUT2D eigenvalue weighted by Gasteiger charge is 2.08. The number of fused-ring (bicyclic) bond motifs is 1. The molecule has 4 heteroatoms. The van der Waals surface area contributed by atoms with Crippen LogP contribution in [0.3, 0.4) is 0 Å². The maximum Gasteiger partial charge on any atom is 0.216 e. The molecule has 1 amide bonds. The Hall–Kier alpha value is -2.10. The number of para-hydroxylation sites is 2. The Morgan fingerprint density at radius 3 is 2.90 bits per heavy atom. The first-order valence-electron chi connectivity index (χ1n) is 7.52. The van der Waals surface area contributed by atoms with Gasteiger partial charge in [0.2, 0.25) is 5.91 Å². The number of imidazole rings is 1. The van der Waals surface area contributed by atoms with Crippen molar-refractivity contribution in [2.24, 2.45) is 0 Å². The normalized spacial score (nSPS) is 10.7. The number of rotatable bonds is 8. The first-order chi connectivity index (χ1) is 10.2. The van der Waals surface area contributed by atoms with E-state index >= 15 is 0 Å². The second kappa shape index (κ2) is 7.62. The number of aryl methyl sites for hydroxylation is 1. The molecule has 0 saturated carbocycles. The molecule has 1 aromatic carbocycles. The fourth-order valence-corrected chi connectivity index (χ4v) is 2.50. The molecule has 2 aromatic rings. The summed E-state index contributed by atoms with van der Waals surface area (Å²) < 4.78 is 2.23. The van der Waals surface area contributed by atoms with Crippen LogP contribution in [0.4, 0.5) is 0 Å². The summed E-state index contributed by atoms with van der Waals surface area (Å²) in [5.41, 5.74) is 2.22. The van der Waals surface area contributed by atoms with Crippen LogP contribution < -0.4 is 5.32 Å². The van der Waals surface area contributed by atoms with E-state index in [4.69, 9.17) is 4.98 Å². The van der Waals surface area contributed by atoms with Gasteiger partial charge in [0.1, 0.15) is 5.82 Å². The molecule has 0 bridgehead atoms. The SMILES string of the molecule is C=CCn1c(CCCCCNC(C)=O)nc2ccccc21. The van der Waals surface area contributed by atoms with E-state index in [1.54, 1.807) is 6.92 Å². The molecule has 1 aromatic heterocycles. The summed E-state index contributed by atoms with van der Waals surface area (Å²) >= 11 is 0. The maximum atomic E-state index is 10.8. The van der Waals surface area contributed by atoms with Crippen molar-refractivity contribution in [2.75, 3.05) is 6.54 Å². The molecule has 0 atom stereocenters. The van der Waals surface area contributed by atoms with Gasteiger partial charge < -0.3 is 9.88 Å². The minimum atomic E-state index is 0.0442. The highest BCUT2D eigenvalue weighted by molar-refractivity contribution is 5.76. The molecular formula is C17H23N3O. The van der Waals surface area contributed by atoms with E-state index in [2.05, 4.69) is 28.6 Å². The Bertz CT molecular complexity index is 616. The third-order valence-electron chi connectivity index (χ3n) is 3.50. The number of hydrogen-bond acceptors (Lipinski definition) is 2. The van der Waals surface area contributed by atoms with Crippen molar-refractivity contribution in [3.8, 4) is 0 Å². The van der Waals surface area contributed by atoms with Gasteiger partial charge in [-0.05, 0) is 25.0 Å². The molecule has 0 radical (unpaired) electrons. The van der Waals surface area contributed by atoms with Gasteiger partial charge in [0.15, 0.2) is 0 Å². The lowest BCUT2D eigenvalue weighted by Gasteiger charge is -2.06. The van der Waals surface area contributed by atoms with Crippen LogP contribution in [0.2, 0.25) is 0 Å². The molecule has 0 fully saturated rings. The largest absolute Gasteiger partial charge is 0.356 e. The topological polar surface area (TPSA) is 46.9 Å². The summed E-state index contributed by atoms with van der Waals surface area (Å²) in [6, 6.07) is 8.22. The molecule has 1 heterocycles. The number of hydrogen-bond donors (Lipinski definition) is 1. The molecule has 0 aliphatic heterocycles. The van der Waals surface area contributed by atoms with Crippen LogP contribution in [-0.2, 0) is 17.8 Å². The Morgan fingerprint density at radius 1 is 1.33 bits per heavy atom. The van der Waals surface area contributed by atoms with Crippen LogP contribution >= 0.6 is 0 Å². The average molecular weight is 285 g/mol. The summed E-state index contributed by atoms with van der Waals surface area (Å²) in [4.78, 5) is 15.5. The van der Waals surface area contributed by atoms with Gasteiger partial charge in [0.05, 0.1) is 11.0 Å². The molecule has 1 N–H and O–H groups in total. The third kappa shape index (κ3) is 4.18. The molecule has 0 spiro atoms. The maximum absolute atomic E-state index is 10.8. The van der Waals surface area contributed by atoms with Crippen LogP contribution in [-0.4, -0.2) is 22.0 Å². The van der Waals surface area contributed by atoms with Crippen molar-refractivity contribution in [1.82, 2.24) is 14.9 Å². The third-order valence-corrected chi connectivity index (χ3v) is 3.50. The van der Waals surface area contributed by atoms with Crippen molar-refractivity contribution in [1.29, 1.82) is 0 Å². The molecular weight excluding hydrogens is 262 g/mol. The van der Waals surface area contributed by atoms with Gasteiger partial charge in [-0.25, -0.2) is 4.98 Å². The molecule has 0 unspecified atom stereocenters. The molecule has 21 heavy (non-hydrogen) atoms. The summed E-state index contributed by atoms with van der Waals surface area (Å²) in [6.45, 7) is 6.94. The van der Waals surface area contributed by atoms with E-state index in [1.165, 1.54) is 5.52 Å². The van der Waals surface area contributed by atoms with E-state index in [1.807, 2.05) is 18.2 Å². The first-order valence-corrected chi connectivity index (χ1v) is 7.52. The highest BCUT2D eigenvalue weighted by atomic mass is 16.1. The predicted molar refractivity (Wildman–Crippen MR) is 86.2 cm³/mol. The zero-order valence-corrected chi connectivity index (χ0v) is 12.6. The van der Waals surface area contributed by atoms with Crippen molar-refractivity contribution >= 4 is 16.9 Å². The Kier molecular flexibility index (Phi) is 5.55. The summed E-state index contributed by atoms with van der Waals surface area (Å²) in [6.07, 6.45) is 6.07. The van der Waals surface area contributed by atoms with Crippen LogP contribution in [0.25, 0.3) is 11.0 Å². The molecule has 0 aliphatic rings. The number of carbonyl (C=O) groups excluding carboxylic acids is 1. The van der Waals surface area contributed by atoms with E-state index in [0.29, 0.717) is 0 Å². The van der Waals surface area contributed by atoms with Gasteiger partial charge in [0, 0.05) is 26.4 Å². The summed E-state index contributed by atoms with van der Waals surface area (Å²) in [5, 5.41) is 2.82. The first kappa shape index (κ1) is 15.3. The minimum Gasteiger partial charge on any atom is -0.356 e. The number of nitrogens with one attached hydrogen (secondary N) is 1. The van der Waals surface area contributed by atoms with Gasteiger partial charge in [-0.1, -0.05) is 24.6 Å². The number of allylic oxidation sites excluding steroid dienone is 1. The van der Waals surface area contributed by atoms with E-state index < -0.39 is 0 Å². The van der Waals surface area contributed by atoms with Gasteiger partial charge in [0.25, 0.3) is 0 Å². The number of benzene rings is 1. The van der Waals surface area contributed by atoms with Gasteiger partial charge >= 0.3 is 0 Å². The second-order valence-electron chi connectivity index (χ2n) is 5.21. The Balaban J connectivity index is 1.93. The van der Waals surface area contributed by atoms with Gasteiger partial charge in [-0.15, -0.1) is 6.58 Å². The molecule has 2 rings (SSSR count). The van der Waals surface area contributed by atoms with Crippen molar-refractivity contribution in [3.05, 3.63) is 42.7 Å². The predicted octanol–water partition coefficient (Wildman–Crippen LogP) is 3.07. The quantitative estimate of drug-likeness (QED) is 0.598. The van der Waals surface area contributed by atoms with E-state index in [0.717, 1.165) is 50.1 Å². The number of aromatic nitrogens is 2. The zero-order chi connectivity index (χ0) is 15.1. The lowest BCUT2D eigenvalue weighted by molar-refractivity contribution is -0.118. The lowest BCUT2D eigenvalue weighted by atomic mass is 10.2. The van der Waals surface area contributed by atoms with Crippen molar-refractivity contribution < 1.29 is 4.79 Å². The van der Waals surface area contributed by atoms with Gasteiger partial charge in [-0.2, -0.15) is 0 Å².